The number of aryl methyl sites for hydroxylation is 1. The first kappa shape index (κ1) is 16.2. The molecule has 0 aliphatic heterocycles. The van der Waals surface area contributed by atoms with Crippen molar-refractivity contribution in [3.05, 3.63) is 35.9 Å². The summed E-state index contributed by atoms with van der Waals surface area (Å²) in [6.07, 6.45) is 2.08. The van der Waals surface area contributed by atoms with E-state index in [1.54, 1.807) is 0 Å². The minimum Gasteiger partial charge on any atom is -0.480 e. The number of nitrogens with one attached hydrogen (secondary N) is 1. The standard InChI is InChI=1S/C15H21NO4/c1-2-6-12(14(17)18)16-13(15(19)20)10-9-11-7-4-3-5-8-11/h3-5,7-8,12-13,16H,2,6,9-10H2,1H3,(H,17,18)(H,19,20)/t12?,13-/m1/s1. The quantitative estimate of drug-likeness (QED) is 0.643. The van der Waals surface area contributed by atoms with Crippen LogP contribution in [0.1, 0.15) is 31.7 Å². The third-order valence-corrected chi connectivity index (χ3v) is 3.14. The molecule has 1 aromatic carbocycles. The predicted molar refractivity (Wildman–Crippen MR) is 75.7 cm³/mol. The molecule has 0 spiro atoms. The molecule has 5 heteroatoms. The number of aliphatic carboxylic acids is 2. The Balaban J connectivity index is 2.60. The summed E-state index contributed by atoms with van der Waals surface area (Å²) < 4.78 is 0. The minimum absolute atomic E-state index is 0.368. The predicted octanol–water partition coefficient (Wildman–Crippen LogP) is 1.92. The number of hydrogen-bond acceptors (Lipinski definition) is 3. The Kier molecular flexibility index (Phi) is 6.73. The van der Waals surface area contributed by atoms with E-state index >= 15 is 0 Å². The summed E-state index contributed by atoms with van der Waals surface area (Å²) in [5, 5.41) is 21.0. The van der Waals surface area contributed by atoms with Gasteiger partial charge in [-0.2, -0.15) is 0 Å². The summed E-state index contributed by atoms with van der Waals surface area (Å²) in [5.74, 6) is -2.01. The third-order valence-electron chi connectivity index (χ3n) is 3.14. The van der Waals surface area contributed by atoms with Crippen LogP contribution < -0.4 is 5.32 Å². The highest BCUT2D eigenvalue weighted by Gasteiger charge is 2.24. The molecule has 20 heavy (non-hydrogen) atoms. The van der Waals surface area contributed by atoms with E-state index in [4.69, 9.17) is 5.11 Å². The molecule has 0 fully saturated rings. The molecule has 1 unspecified atom stereocenters. The van der Waals surface area contributed by atoms with Crippen LogP contribution in [0.4, 0.5) is 0 Å². The van der Waals surface area contributed by atoms with Gasteiger partial charge in [0.15, 0.2) is 0 Å². The lowest BCUT2D eigenvalue weighted by molar-refractivity contribution is -0.142. The molecule has 0 radical (unpaired) electrons. The van der Waals surface area contributed by atoms with E-state index in [1.807, 2.05) is 37.3 Å². The second kappa shape index (κ2) is 8.32. The third kappa shape index (κ3) is 5.40. The summed E-state index contributed by atoms with van der Waals surface area (Å²) in [6.45, 7) is 1.87. The fourth-order valence-electron chi connectivity index (χ4n) is 2.04. The smallest absolute Gasteiger partial charge is 0.320 e. The molecule has 1 rings (SSSR count). The van der Waals surface area contributed by atoms with Crippen LogP contribution in [0, 0.1) is 0 Å². The lowest BCUT2D eigenvalue weighted by Gasteiger charge is -2.20. The summed E-state index contributed by atoms with van der Waals surface area (Å²) in [7, 11) is 0. The highest BCUT2D eigenvalue weighted by Crippen LogP contribution is 2.07. The van der Waals surface area contributed by atoms with Crippen LogP contribution >= 0.6 is 0 Å². The van der Waals surface area contributed by atoms with Crippen LogP contribution in [-0.4, -0.2) is 34.2 Å². The second-order valence-corrected chi connectivity index (χ2v) is 4.76. The molecule has 110 valence electrons. The molecule has 0 aliphatic carbocycles. The van der Waals surface area contributed by atoms with Gasteiger partial charge in [-0.15, -0.1) is 0 Å². The first-order valence-corrected chi connectivity index (χ1v) is 6.80. The van der Waals surface area contributed by atoms with Gasteiger partial charge in [-0.3, -0.25) is 14.9 Å². The Morgan fingerprint density at radius 2 is 1.60 bits per heavy atom. The lowest BCUT2D eigenvalue weighted by Crippen LogP contribution is -2.47. The van der Waals surface area contributed by atoms with Crippen LogP contribution in [0.2, 0.25) is 0 Å². The van der Waals surface area contributed by atoms with Crippen LogP contribution in [0.5, 0.6) is 0 Å². The largest absolute Gasteiger partial charge is 0.480 e. The Bertz CT molecular complexity index is 433. The zero-order chi connectivity index (χ0) is 15.0. The van der Waals surface area contributed by atoms with Gasteiger partial charge in [0.25, 0.3) is 0 Å². The van der Waals surface area contributed by atoms with Crippen molar-refractivity contribution in [1.29, 1.82) is 0 Å². The number of carbonyl (C=O) groups is 2. The molecule has 0 heterocycles. The van der Waals surface area contributed by atoms with E-state index in [0.717, 1.165) is 5.56 Å². The zero-order valence-corrected chi connectivity index (χ0v) is 11.6. The van der Waals surface area contributed by atoms with Gasteiger partial charge in [0.1, 0.15) is 12.1 Å². The first-order chi connectivity index (χ1) is 9.54. The van der Waals surface area contributed by atoms with Crippen LogP contribution in [-0.2, 0) is 16.0 Å². The lowest BCUT2D eigenvalue weighted by atomic mass is 10.0. The molecule has 1 aromatic rings. The first-order valence-electron chi connectivity index (χ1n) is 6.80. The van der Waals surface area contributed by atoms with E-state index in [9.17, 15) is 14.7 Å². The van der Waals surface area contributed by atoms with Crippen molar-refractivity contribution in [2.45, 2.75) is 44.7 Å². The molecule has 0 bridgehead atoms. The second-order valence-electron chi connectivity index (χ2n) is 4.76. The van der Waals surface area contributed by atoms with Crippen molar-refractivity contribution in [1.82, 2.24) is 5.32 Å². The van der Waals surface area contributed by atoms with Crippen molar-refractivity contribution in [2.75, 3.05) is 0 Å². The summed E-state index contributed by atoms with van der Waals surface area (Å²) >= 11 is 0. The molecule has 0 aliphatic rings. The molecule has 3 N–H and O–H groups in total. The highest BCUT2D eigenvalue weighted by molar-refractivity contribution is 5.77. The highest BCUT2D eigenvalue weighted by atomic mass is 16.4. The SMILES string of the molecule is CCCC(N[C@H](CCc1ccccc1)C(=O)O)C(=O)O. The molecule has 0 saturated carbocycles. The van der Waals surface area contributed by atoms with Gasteiger partial charge in [0.2, 0.25) is 0 Å². The van der Waals surface area contributed by atoms with Crippen molar-refractivity contribution < 1.29 is 19.8 Å². The van der Waals surface area contributed by atoms with E-state index < -0.39 is 24.0 Å². The van der Waals surface area contributed by atoms with Crippen molar-refractivity contribution in [3.8, 4) is 0 Å². The summed E-state index contributed by atoms with van der Waals surface area (Å²) in [6, 6.07) is 7.91. The zero-order valence-electron chi connectivity index (χ0n) is 11.6. The monoisotopic (exact) mass is 279 g/mol. The van der Waals surface area contributed by atoms with Crippen molar-refractivity contribution >= 4 is 11.9 Å². The fraction of sp³-hybridized carbons (Fsp3) is 0.467. The average Bonchev–Trinajstić information content (AvgIpc) is 2.42. The Morgan fingerprint density at radius 3 is 2.10 bits per heavy atom. The van der Waals surface area contributed by atoms with Gasteiger partial charge in [-0.1, -0.05) is 43.7 Å². The van der Waals surface area contributed by atoms with Gasteiger partial charge in [0.05, 0.1) is 0 Å². The van der Waals surface area contributed by atoms with Crippen LogP contribution in [0.25, 0.3) is 0 Å². The van der Waals surface area contributed by atoms with Gasteiger partial charge in [0, 0.05) is 0 Å². The molecule has 0 amide bonds. The maximum absolute atomic E-state index is 11.2. The molecule has 5 nitrogen and oxygen atoms in total. The summed E-state index contributed by atoms with van der Waals surface area (Å²) in [4.78, 5) is 22.3. The minimum atomic E-state index is -1.01. The normalized spacial score (nSPS) is 13.7. The molecular formula is C15H21NO4. The molecule has 0 aromatic heterocycles. The van der Waals surface area contributed by atoms with Gasteiger partial charge in [-0.05, 0) is 24.8 Å². The van der Waals surface area contributed by atoms with Crippen molar-refractivity contribution in [2.24, 2.45) is 0 Å². The molecular weight excluding hydrogens is 258 g/mol. The average molecular weight is 279 g/mol. The van der Waals surface area contributed by atoms with Gasteiger partial charge in [-0.25, -0.2) is 0 Å². The van der Waals surface area contributed by atoms with Crippen LogP contribution in [0.15, 0.2) is 30.3 Å². The van der Waals surface area contributed by atoms with E-state index in [2.05, 4.69) is 5.32 Å². The van der Waals surface area contributed by atoms with Gasteiger partial charge >= 0.3 is 11.9 Å². The number of hydrogen-bond donors (Lipinski definition) is 3. The topological polar surface area (TPSA) is 86.6 Å². The molecule has 2 atom stereocenters. The maximum atomic E-state index is 11.2. The number of benzene rings is 1. The van der Waals surface area contributed by atoms with Crippen LogP contribution in [0.3, 0.4) is 0 Å². The maximum Gasteiger partial charge on any atom is 0.320 e. The van der Waals surface area contributed by atoms with E-state index in [-0.39, 0.29) is 0 Å². The Hall–Kier alpha value is -1.88. The van der Waals surface area contributed by atoms with E-state index in [1.165, 1.54) is 0 Å². The Labute approximate surface area is 118 Å². The number of carboxylic acid groups (broad SMARTS) is 2. The molecule has 0 saturated heterocycles. The Morgan fingerprint density at radius 1 is 1.05 bits per heavy atom. The van der Waals surface area contributed by atoms with Gasteiger partial charge < -0.3 is 10.2 Å². The van der Waals surface area contributed by atoms with Crippen molar-refractivity contribution in [3.63, 3.8) is 0 Å². The number of rotatable bonds is 9. The summed E-state index contributed by atoms with van der Waals surface area (Å²) in [5.41, 5.74) is 1.04. The number of carboxylic acids is 2. The van der Waals surface area contributed by atoms with E-state index in [0.29, 0.717) is 25.7 Å². The fourth-order valence-corrected chi connectivity index (χ4v) is 2.04.